The van der Waals surface area contributed by atoms with E-state index < -0.39 is 9.84 Å². The van der Waals surface area contributed by atoms with Gasteiger partial charge in [-0.2, -0.15) is 0 Å². The Hall–Kier alpha value is -4.51. The Morgan fingerprint density at radius 1 is 0.508 bits per heavy atom. The van der Waals surface area contributed by atoms with Crippen molar-refractivity contribution in [3.05, 3.63) is 145 Å². The molecule has 3 saturated heterocycles. The summed E-state index contributed by atoms with van der Waals surface area (Å²) in [6.45, 7) is 12.2. The maximum atomic E-state index is 11.7. The van der Waals surface area contributed by atoms with Crippen molar-refractivity contribution in [2.75, 3.05) is 115 Å². The number of rotatable bonds is 9. The van der Waals surface area contributed by atoms with E-state index in [2.05, 4.69) is 125 Å². The number of anilines is 5. The highest BCUT2D eigenvalue weighted by Gasteiger charge is 2.24. The summed E-state index contributed by atoms with van der Waals surface area (Å²) in [5.74, 6) is 0.488. The fourth-order valence-electron chi connectivity index (χ4n) is 9.30. The van der Waals surface area contributed by atoms with Crippen molar-refractivity contribution in [2.45, 2.75) is 38.8 Å². The van der Waals surface area contributed by atoms with E-state index >= 15 is 0 Å². The van der Waals surface area contributed by atoms with Crippen LogP contribution in [0.2, 0.25) is 0 Å². The molecule has 11 nitrogen and oxygen atoms in total. The van der Waals surface area contributed by atoms with Crippen molar-refractivity contribution in [2.24, 2.45) is 0 Å². The van der Waals surface area contributed by atoms with Crippen LogP contribution in [-0.4, -0.2) is 109 Å². The van der Waals surface area contributed by atoms with Gasteiger partial charge in [0.15, 0.2) is 20.1 Å². The zero-order valence-corrected chi connectivity index (χ0v) is 40.8. The van der Waals surface area contributed by atoms with Crippen LogP contribution in [0.15, 0.2) is 102 Å². The van der Waals surface area contributed by atoms with Crippen molar-refractivity contribution in [1.82, 2.24) is 9.97 Å². The molecule has 0 aliphatic carbocycles. The topological polar surface area (TPSA) is 94.6 Å². The molecule has 11 rings (SSSR count). The highest BCUT2D eigenvalue weighted by Crippen LogP contribution is 2.34. The Kier molecular flexibility index (Phi) is 13.7. The largest absolute Gasteiger partial charge is 0.378 e. The number of halogens is 1. The molecule has 3 fully saturated rings. The Bertz CT molecular complexity index is 2650. The van der Waals surface area contributed by atoms with Crippen LogP contribution in [0.4, 0.5) is 27.3 Å². The molecule has 5 aliphatic heterocycles. The zero-order chi connectivity index (χ0) is 44.2. The van der Waals surface area contributed by atoms with Crippen LogP contribution in [0.25, 0.3) is 0 Å². The standard InChI is InChI=1S/C27H32N4O3S2.C23H24BrN3OS/c32-36(33)15-11-30(12-16-36)24-4-1-21(2-5-24)17-26-19-28-27(35-26)31-8-7-22-3-6-25(18-23(22)20-31)29-9-13-34-14-10-29;24-20-4-1-17(2-5-20)13-22-15-25-23(29-22)27-8-7-18-3-6-21(14-19(18)16-27)26-9-11-28-12-10-26/h1-6,18-19H,7-17,20H2;1-6,14-15H,7-13,16H2. The molecule has 340 valence electrons. The van der Waals surface area contributed by atoms with Crippen LogP contribution in [-0.2, 0) is 58.1 Å². The van der Waals surface area contributed by atoms with Gasteiger partial charge in [0.2, 0.25) is 0 Å². The van der Waals surface area contributed by atoms with E-state index in [-0.39, 0.29) is 11.5 Å². The summed E-state index contributed by atoms with van der Waals surface area (Å²) in [6, 6.07) is 31.0. The van der Waals surface area contributed by atoms with Gasteiger partial charge in [-0.3, -0.25) is 0 Å². The number of thiazole rings is 2. The number of morpholine rings is 2. The van der Waals surface area contributed by atoms with Gasteiger partial charge in [0.1, 0.15) is 0 Å². The number of sulfone groups is 1. The number of fused-ring (bicyclic) bond motifs is 2. The summed E-state index contributed by atoms with van der Waals surface area (Å²) in [7, 11) is -2.86. The van der Waals surface area contributed by atoms with Gasteiger partial charge in [0, 0.05) is 122 Å². The summed E-state index contributed by atoms with van der Waals surface area (Å²) in [4.78, 5) is 24.0. The molecular weight excluding hydrogens is 939 g/mol. The highest BCUT2D eigenvalue weighted by molar-refractivity contribution is 9.10. The predicted octanol–water partition coefficient (Wildman–Crippen LogP) is 8.26. The first-order valence-electron chi connectivity index (χ1n) is 22.8. The molecule has 7 heterocycles. The van der Waals surface area contributed by atoms with Gasteiger partial charge in [-0.1, -0.05) is 52.3 Å². The minimum Gasteiger partial charge on any atom is -0.378 e. The lowest BCUT2D eigenvalue weighted by atomic mass is 9.99. The molecule has 6 aromatic rings. The lowest BCUT2D eigenvalue weighted by molar-refractivity contribution is 0.122. The maximum absolute atomic E-state index is 11.7. The summed E-state index contributed by atoms with van der Waals surface area (Å²) in [5.41, 5.74) is 12.1. The third kappa shape index (κ3) is 11.0. The molecule has 0 atom stereocenters. The minimum absolute atomic E-state index is 0.244. The van der Waals surface area contributed by atoms with Crippen LogP contribution in [0.5, 0.6) is 0 Å². The van der Waals surface area contributed by atoms with Crippen LogP contribution < -0.4 is 24.5 Å². The zero-order valence-electron chi connectivity index (χ0n) is 36.7. The molecule has 0 unspecified atom stereocenters. The smallest absolute Gasteiger partial charge is 0.185 e. The van der Waals surface area contributed by atoms with Crippen molar-refractivity contribution in [3.63, 3.8) is 0 Å². The van der Waals surface area contributed by atoms with Crippen molar-refractivity contribution in [3.8, 4) is 0 Å². The number of aromatic nitrogens is 2. The number of nitrogens with zero attached hydrogens (tertiary/aromatic N) is 7. The van der Waals surface area contributed by atoms with E-state index in [1.54, 1.807) is 11.3 Å². The monoisotopic (exact) mass is 993 g/mol. The summed E-state index contributed by atoms with van der Waals surface area (Å²) in [5, 5.41) is 2.23. The fraction of sp³-hybridized carbons (Fsp3) is 0.400. The molecule has 5 aliphatic rings. The second-order valence-electron chi connectivity index (χ2n) is 17.5. The maximum Gasteiger partial charge on any atom is 0.185 e. The SMILES string of the molecule is Brc1ccc(Cc2cnc(N3CCc4ccc(N5CCOCC5)cc4C3)s2)cc1.O=S1(=O)CCN(c2ccc(Cc3cnc(N4CCc5ccc(N6CCOCC6)cc5C4)s3)cc2)CC1. The predicted molar refractivity (Wildman–Crippen MR) is 270 cm³/mol. The molecule has 15 heteroatoms. The highest BCUT2D eigenvalue weighted by atomic mass is 79.9. The summed E-state index contributed by atoms with van der Waals surface area (Å²) in [6.07, 6.45) is 7.99. The molecule has 4 aromatic carbocycles. The van der Waals surface area contributed by atoms with Crippen LogP contribution in [0, 0.1) is 0 Å². The quantitative estimate of drug-likeness (QED) is 0.140. The Balaban J connectivity index is 0.000000157. The third-order valence-electron chi connectivity index (χ3n) is 13.1. The normalized spacial score (nSPS) is 18.4. The Labute approximate surface area is 399 Å². The second-order valence-corrected chi connectivity index (χ2v) is 22.9. The lowest BCUT2D eigenvalue weighted by Crippen LogP contribution is -2.40. The number of ether oxygens (including phenoxy) is 2. The number of benzene rings is 4. The van der Waals surface area contributed by atoms with Gasteiger partial charge in [0.25, 0.3) is 0 Å². The molecule has 0 radical (unpaired) electrons. The van der Waals surface area contributed by atoms with Crippen molar-refractivity contribution in [1.29, 1.82) is 0 Å². The van der Waals surface area contributed by atoms with Gasteiger partial charge in [0.05, 0.1) is 37.9 Å². The Morgan fingerprint density at radius 3 is 1.42 bits per heavy atom. The third-order valence-corrected chi connectivity index (χ3v) is 17.4. The van der Waals surface area contributed by atoms with Gasteiger partial charge in [-0.15, -0.1) is 22.7 Å². The average molecular weight is 995 g/mol. The van der Waals surface area contributed by atoms with Crippen LogP contribution >= 0.6 is 38.6 Å². The van der Waals surface area contributed by atoms with Gasteiger partial charge in [-0.25, -0.2) is 18.4 Å². The number of hydrogen-bond donors (Lipinski definition) is 0. The molecule has 0 amide bonds. The molecule has 0 saturated carbocycles. The average Bonchev–Trinajstić information content (AvgIpc) is 4.03. The van der Waals surface area contributed by atoms with E-state index in [0.717, 1.165) is 125 Å². The Morgan fingerprint density at radius 2 is 0.938 bits per heavy atom. The van der Waals surface area contributed by atoms with Crippen LogP contribution in [0.3, 0.4) is 0 Å². The fourth-order valence-corrected chi connectivity index (χ4v) is 12.7. The number of hydrogen-bond acceptors (Lipinski definition) is 13. The second kappa shape index (κ2) is 20.2. The van der Waals surface area contributed by atoms with Crippen molar-refractivity contribution >= 4 is 75.8 Å². The minimum atomic E-state index is -2.86. The van der Waals surface area contributed by atoms with Gasteiger partial charge >= 0.3 is 0 Å². The summed E-state index contributed by atoms with van der Waals surface area (Å²) < 4.78 is 35.5. The first kappa shape index (κ1) is 44.3. The summed E-state index contributed by atoms with van der Waals surface area (Å²) >= 11 is 7.11. The van der Waals surface area contributed by atoms with Crippen molar-refractivity contribution < 1.29 is 17.9 Å². The molecule has 2 aromatic heterocycles. The molecule has 0 N–H and O–H groups in total. The van der Waals surface area contributed by atoms with E-state index in [1.165, 1.54) is 54.5 Å². The molecule has 0 spiro atoms. The van der Waals surface area contributed by atoms with Gasteiger partial charge in [-0.05, 0) is 94.8 Å². The molecule has 65 heavy (non-hydrogen) atoms. The van der Waals surface area contributed by atoms with Gasteiger partial charge < -0.3 is 34.0 Å². The van der Waals surface area contributed by atoms with E-state index in [0.29, 0.717) is 13.1 Å². The van der Waals surface area contributed by atoms with E-state index in [4.69, 9.17) is 19.4 Å². The lowest BCUT2D eigenvalue weighted by Gasteiger charge is -2.32. The van der Waals surface area contributed by atoms with Crippen LogP contribution in [0.1, 0.15) is 43.1 Å². The van der Waals surface area contributed by atoms with E-state index in [1.807, 2.05) is 23.7 Å². The first-order chi connectivity index (χ1) is 31.8. The van der Waals surface area contributed by atoms with E-state index in [9.17, 15) is 8.42 Å². The molecular formula is C50H56BrN7O4S3. The first-order valence-corrected chi connectivity index (χ1v) is 27.1. The molecule has 0 bridgehead atoms.